The largest absolute Gasteiger partial charge is 0.327 e. The first-order chi connectivity index (χ1) is 8.92. The molecule has 5 N–H and O–H groups in total. The zero-order valence-corrected chi connectivity index (χ0v) is 11.3. The summed E-state index contributed by atoms with van der Waals surface area (Å²) in [5.74, 6) is 0. The maximum Gasteiger partial charge on any atom is 0.323 e. The Bertz CT molecular complexity index is 732. The van der Waals surface area contributed by atoms with Crippen molar-refractivity contribution in [3.05, 3.63) is 28.7 Å². The van der Waals surface area contributed by atoms with Gasteiger partial charge < -0.3 is 15.7 Å². The molecule has 0 aliphatic heterocycles. The molecule has 0 bridgehead atoms. The van der Waals surface area contributed by atoms with Gasteiger partial charge in [-0.1, -0.05) is 6.92 Å². The van der Waals surface area contributed by atoms with Crippen LogP contribution in [0, 0.1) is 0 Å². The van der Waals surface area contributed by atoms with Gasteiger partial charge in [-0.25, -0.2) is 17.9 Å². The van der Waals surface area contributed by atoms with Gasteiger partial charge in [0.05, 0.1) is 15.9 Å². The zero-order chi connectivity index (χ0) is 14.0. The number of aromatic amines is 2. The van der Waals surface area contributed by atoms with E-state index in [0.717, 1.165) is 0 Å². The first-order valence-corrected chi connectivity index (χ1v) is 7.38. The second-order valence-electron chi connectivity index (χ2n) is 4.31. The number of nitrogens with one attached hydrogen (secondary N) is 3. The summed E-state index contributed by atoms with van der Waals surface area (Å²) < 4.78 is 26.5. The molecule has 8 heteroatoms. The number of H-pyrrole nitrogens is 2. The molecule has 1 atom stereocenters. The Morgan fingerprint density at radius 2 is 2.00 bits per heavy atom. The van der Waals surface area contributed by atoms with Gasteiger partial charge in [0.1, 0.15) is 0 Å². The van der Waals surface area contributed by atoms with Crippen molar-refractivity contribution >= 4 is 21.1 Å². The molecule has 2 aromatic rings. The minimum Gasteiger partial charge on any atom is -0.327 e. The van der Waals surface area contributed by atoms with Crippen molar-refractivity contribution in [2.45, 2.75) is 24.3 Å². The molecule has 104 valence electrons. The minimum absolute atomic E-state index is 0.0959. The molecule has 0 aliphatic rings. The lowest BCUT2D eigenvalue weighted by Gasteiger charge is -2.10. The first kappa shape index (κ1) is 13.8. The average molecular weight is 284 g/mol. The van der Waals surface area contributed by atoms with E-state index in [1.165, 1.54) is 12.1 Å². The Morgan fingerprint density at radius 3 is 2.68 bits per heavy atom. The Kier molecular flexibility index (Phi) is 3.74. The van der Waals surface area contributed by atoms with Crippen LogP contribution >= 0.6 is 0 Å². The molecule has 1 aromatic heterocycles. The summed E-state index contributed by atoms with van der Waals surface area (Å²) in [6.07, 6.45) is 0.687. The van der Waals surface area contributed by atoms with Crippen molar-refractivity contribution in [1.82, 2.24) is 14.7 Å². The molecule has 0 amide bonds. The van der Waals surface area contributed by atoms with Crippen LogP contribution in [0.3, 0.4) is 0 Å². The van der Waals surface area contributed by atoms with Crippen molar-refractivity contribution in [2.75, 3.05) is 6.54 Å². The number of aromatic nitrogens is 2. The maximum absolute atomic E-state index is 12.0. The summed E-state index contributed by atoms with van der Waals surface area (Å²) in [5, 5.41) is 0. The number of fused-ring (bicyclic) bond motifs is 1. The highest BCUT2D eigenvalue weighted by Crippen LogP contribution is 2.14. The van der Waals surface area contributed by atoms with E-state index in [-0.39, 0.29) is 23.2 Å². The Labute approximate surface area is 110 Å². The van der Waals surface area contributed by atoms with Gasteiger partial charge in [-0.3, -0.25) is 0 Å². The van der Waals surface area contributed by atoms with Gasteiger partial charge in [0.2, 0.25) is 10.0 Å². The van der Waals surface area contributed by atoms with E-state index >= 15 is 0 Å². The van der Waals surface area contributed by atoms with E-state index in [4.69, 9.17) is 5.73 Å². The van der Waals surface area contributed by atoms with E-state index in [2.05, 4.69) is 14.7 Å². The SMILES string of the molecule is CCC(N)CNS(=O)(=O)c1ccc2[nH]c(=O)[nH]c2c1. The summed E-state index contributed by atoms with van der Waals surface area (Å²) >= 11 is 0. The number of hydrogen-bond donors (Lipinski definition) is 4. The fourth-order valence-electron chi connectivity index (χ4n) is 1.62. The van der Waals surface area contributed by atoms with E-state index in [9.17, 15) is 13.2 Å². The molecule has 0 aliphatic carbocycles. The van der Waals surface area contributed by atoms with Gasteiger partial charge in [0.25, 0.3) is 0 Å². The number of rotatable bonds is 5. The lowest BCUT2D eigenvalue weighted by Crippen LogP contribution is -2.36. The molecule has 0 spiro atoms. The predicted octanol–water partition coefficient (Wildman–Crippen LogP) is -0.128. The summed E-state index contributed by atoms with van der Waals surface area (Å²) in [5.41, 5.74) is 6.32. The molecule has 7 nitrogen and oxygen atoms in total. The summed E-state index contributed by atoms with van der Waals surface area (Å²) in [6.45, 7) is 2.07. The highest BCUT2D eigenvalue weighted by molar-refractivity contribution is 7.89. The summed E-state index contributed by atoms with van der Waals surface area (Å²) in [6, 6.07) is 4.17. The van der Waals surface area contributed by atoms with Crippen molar-refractivity contribution in [2.24, 2.45) is 5.73 Å². The first-order valence-electron chi connectivity index (χ1n) is 5.89. The number of imidazole rings is 1. The molecule has 1 unspecified atom stereocenters. The van der Waals surface area contributed by atoms with Crippen molar-refractivity contribution in [1.29, 1.82) is 0 Å². The summed E-state index contributed by atoms with van der Waals surface area (Å²) in [7, 11) is -3.61. The standard InChI is InChI=1S/C11H16N4O3S/c1-2-7(12)6-13-19(17,18)8-3-4-9-10(5-8)15-11(16)14-9/h3-5,7,13H,2,6,12H2,1H3,(H2,14,15,16). The summed E-state index contributed by atoms with van der Waals surface area (Å²) in [4.78, 5) is 16.3. The smallest absolute Gasteiger partial charge is 0.323 e. The van der Waals surface area contributed by atoms with Gasteiger partial charge in [0, 0.05) is 12.6 Å². The van der Waals surface area contributed by atoms with Crippen LogP contribution in [0.25, 0.3) is 11.0 Å². The lowest BCUT2D eigenvalue weighted by atomic mass is 10.2. The highest BCUT2D eigenvalue weighted by Gasteiger charge is 2.15. The second kappa shape index (κ2) is 5.16. The Hall–Kier alpha value is -1.64. The third kappa shape index (κ3) is 3.03. The average Bonchev–Trinajstić information content (AvgIpc) is 2.74. The quantitative estimate of drug-likeness (QED) is 0.611. The van der Waals surface area contributed by atoms with E-state index in [0.29, 0.717) is 17.5 Å². The minimum atomic E-state index is -3.61. The highest BCUT2D eigenvalue weighted by atomic mass is 32.2. The number of sulfonamides is 1. The number of benzene rings is 1. The monoisotopic (exact) mass is 284 g/mol. The maximum atomic E-state index is 12.0. The van der Waals surface area contributed by atoms with Gasteiger partial charge in [-0.05, 0) is 24.6 Å². The third-order valence-electron chi connectivity index (χ3n) is 2.86. The van der Waals surface area contributed by atoms with Crippen LogP contribution in [0.15, 0.2) is 27.9 Å². The normalized spacial score (nSPS) is 13.8. The zero-order valence-electron chi connectivity index (χ0n) is 10.4. The molecule has 0 fully saturated rings. The van der Waals surface area contributed by atoms with Gasteiger partial charge in [-0.2, -0.15) is 0 Å². The topological polar surface area (TPSA) is 121 Å². The molecular formula is C11H16N4O3S. The predicted molar refractivity (Wildman–Crippen MR) is 72.4 cm³/mol. The van der Waals surface area contributed by atoms with Crippen LogP contribution in [0.5, 0.6) is 0 Å². The molecule has 0 saturated carbocycles. The number of nitrogens with two attached hydrogens (primary N) is 1. The van der Waals surface area contributed by atoms with Crippen LogP contribution in [0.4, 0.5) is 0 Å². The molecule has 0 saturated heterocycles. The molecule has 19 heavy (non-hydrogen) atoms. The molecular weight excluding hydrogens is 268 g/mol. The molecule has 1 heterocycles. The van der Waals surface area contributed by atoms with Crippen molar-refractivity contribution in [3.8, 4) is 0 Å². The van der Waals surface area contributed by atoms with E-state index in [1.807, 2.05) is 6.92 Å². The van der Waals surface area contributed by atoms with Crippen molar-refractivity contribution < 1.29 is 8.42 Å². The van der Waals surface area contributed by atoms with E-state index in [1.54, 1.807) is 6.07 Å². The van der Waals surface area contributed by atoms with Gasteiger partial charge in [-0.15, -0.1) is 0 Å². The van der Waals surface area contributed by atoms with Gasteiger partial charge >= 0.3 is 5.69 Å². The third-order valence-corrected chi connectivity index (χ3v) is 4.28. The van der Waals surface area contributed by atoms with E-state index < -0.39 is 10.0 Å². The number of hydrogen-bond acceptors (Lipinski definition) is 4. The second-order valence-corrected chi connectivity index (χ2v) is 6.07. The lowest BCUT2D eigenvalue weighted by molar-refractivity contribution is 0.564. The van der Waals surface area contributed by atoms with Crippen molar-refractivity contribution in [3.63, 3.8) is 0 Å². The fourth-order valence-corrected chi connectivity index (χ4v) is 2.74. The molecule has 1 aromatic carbocycles. The van der Waals surface area contributed by atoms with Crippen LogP contribution < -0.4 is 16.1 Å². The Morgan fingerprint density at radius 1 is 1.32 bits per heavy atom. The Balaban J connectivity index is 2.29. The van der Waals surface area contributed by atoms with Crippen LogP contribution in [-0.2, 0) is 10.0 Å². The molecule has 0 radical (unpaired) electrons. The van der Waals surface area contributed by atoms with Gasteiger partial charge in [0.15, 0.2) is 0 Å². The molecule has 2 rings (SSSR count). The van der Waals surface area contributed by atoms with Crippen LogP contribution in [0.2, 0.25) is 0 Å². The fraction of sp³-hybridized carbons (Fsp3) is 0.364. The van der Waals surface area contributed by atoms with Crippen LogP contribution in [0.1, 0.15) is 13.3 Å². The van der Waals surface area contributed by atoms with Crippen LogP contribution in [-0.4, -0.2) is 31.0 Å².